The average Bonchev–Trinajstić information content (AvgIpc) is 2.45. The Morgan fingerprint density at radius 2 is 2.56 bits per heavy atom. The fraction of sp³-hybridized carbons (Fsp3) is 0.800. The van der Waals surface area contributed by atoms with Crippen molar-refractivity contribution in [2.24, 2.45) is 0 Å². The van der Waals surface area contributed by atoms with Gasteiger partial charge in [0.1, 0.15) is 0 Å². The number of nitrogens with one attached hydrogen (secondary N) is 1. The monoisotopic (exact) mass is 131 g/mol. The number of rotatable bonds is 2. The molecule has 0 aromatic rings. The highest BCUT2D eigenvalue weighted by Gasteiger charge is 2.38. The molecule has 1 rings (SSSR count). The minimum atomic E-state index is -0.973. The summed E-state index contributed by atoms with van der Waals surface area (Å²) in [7, 11) is 1.58. The van der Waals surface area contributed by atoms with E-state index in [4.69, 9.17) is 9.84 Å². The van der Waals surface area contributed by atoms with Crippen molar-refractivity contribution in [1.82, 2.24) is 5.32 Å². The van der Waals surface area contributed by atoms with E-state index in [9.17, 15) is 4.79 Å². The van der Waals surface area contributed by atoms with Crippen LogP contribution in [-0.4, -0.2) is 30.5 Å². The van der Waals surface area contributed by atoms with E-state index in [-0.39, 0.29) is 12.1 Å². The number of methoxy groups -OCH3 is 1. The molecule has 0 aliphatic heterocycles. The summed E-state index contributed by atoms with van der Waals surface area (Å²) in [4.78, 5) is 9.94. The van der Waals surface area contributed by atoms with Gasteiger partial charge in [-0.2, -0.15) is 0 Å². The molecule has 4 heteroatoms. The topological polar surface area (TPSA) is 58.6 Å². The Bertz CT molecular complexity index is 125. The summed E-state index contributed by atoms with van der Waals surface area (Å²) in [6.45, 7) is 0. The van der Waals surface area contributed by atoms with E-state index in [2.05, 4.69) is 5.32 Å². The smallest absolute Gasteiger partial charge is 0.404 e. The molecule has 1 saturated carbocycles. The quantitative estimate of drug-likeness (QED) is 0.556. The van der Waals surface area contributed by atoms with Gasteiger partial charge in [0.2, 0.25) is 0 Å². The number of carbonyl (C=O) groups is 1. The van der Waals surface area contributed by atoms with Crippen LogP contribution in [0.25, 0.3) is 0 Å². The molecular weight excluding hydrogens is 122 g/mol. The highest BCUT2D eigenvalue weighted by Crippen LogP contribution is 2.23. The van der Waals surface area contributed by atoms with Crippen molar-refractivity contribution < 1.29 is 14.6 Å². The molecule has 0 aromatic carbocycles. The Hall–Kier alpha value is -0.770. The molecule has 2 unspecified atom stereocenters. The van der Waals surface area contributed by atoms with E-state index in [0.29, 0.717) is 0 Å². The van der Waals surface area contributed by atoms with Crippen LogP contribution in [0.5, 0.6) is 0 Å². The normalized spacial score (nSPS) is 31.7. The van der Waals surface area contributed by atoms with Gasteiger partial charge in [0.25, 0.3) is 0 Å². The third kappa shape index (κ3) is 1.57. The molecule has 1 fully saturated rings. The minimum absolute atomic E-state index is 0.0347. The van der Waals surface area contributed by atoms with Crippen molar-refractivity contribution in [2.75, 3.05) is 7.11 Å². The zero-order valence-corrected chi connectivity index (χ0v) is 5.13. The van der Waals surface area contributed by atoms with Gasteiger partial charge in [-0.3, -0.25) is 0 Å². The van der Waals surface area contributed by atoms with Crippen LogP contribution in [0, 0.1) is 0 Å². The lowest BCUT2D eigenvalue weighted by atomic mass is 10.7. The summed E-state index contributed by atoms with van der Waals surface area (Å²) in [6, 6.07) is 0.0347. The predicted octanol–water partition coefficient (Wildman–Crippen LogP) is 0.0413. The summed E-state index contributed by atoms with van der Waals surface area (Å²) in [5, 5.41) is 10.5. The zero-order chi connectivity index (χ0) is 6.85. The van der Waals surface area contributed by atoms with E-state index in [0.717, 1.165) is 6.42 Å². The van der Waals surface area contributed by atoms with Gasteiger partial charge < -0.3 is 15.2 Å². The fourth-order valence-corrected chi connectivity index (χ4v) is 0.743. The van der Waals surface area contributed by atoms with Crippen LogP contribution < -0.4 is 5.32 Å². The molecule has 52 valence electrons. The Balaban J connectivity index is 2.12. The zero-order valence-electron chi connectivity index (χ0n) is 5.13. The van der Waals surface area contributed by atoms with Crippen LogP contribution >= 0.6 is 0 Å². The second kappa shape index (κ2) is 2.23. The van der Waals surface area contributed by atoms with Gasteiger partial charge >= 0.3 is 6.09 Å². The largest absolute Gasteiger partial charge is 0.465 e. The Labute approximate surface area is 52.8 Å². The molecule has 0 radical (unpaired) electrons. The van der Waals surface area contributed by atoms with Gasteiger partial charge in [0.15, 0.2) is 0 Å². The summed E-state index contributed by atoms with van der Waals surface area (Å²) in [5.74, 6) is 0. The Morgan fingerprint density at radius 1 is 1.89 bits per heavy atom. The van der Waals surface area contributed by atoms with Crippen LogP contribution in [0.2, 0.25) is 0 Å². The van der Waals surface area contributed by atoms with Gasteiger partial charge in [-0.15, -0.1) is 0 Å². The SMILES string of the molecule is COC1CC1NC(=O)O. The maximum absolute atomic E-state index is 9.94. The average molecular weight is 131 g/mol. The summed E-state index contributed by atoms with van der Waals surface area (Å²) < 4.78 is 4.85. The van der Waals surface area contributed by atoms with E-state index >= 15 is 0 Å². The number of ether oxygens (including phenoxy) is 1. The molecule has 4 nitrogen and oxygen atoms in total. The van der Waals surface area contributed by atoms with Gasteiger partial charge in [-0.1, -0.05) is 0 Å². The number of amides is 1. The fourth-order valence-electron chi connectivity index (χ4n) is 0.743. The van der Waals surface area contributed by atoms with E-state index in [1.165, 1.54) is 0 Å². The van der Waals surface area contributed by atoms with Crippen molar-refractivity contribution in [3.8, 4) is 0 Å². The van der Waals surface area contributed by atoms with Crippen molar-refractivity contribution in [1.29, 1.82) is 0 Å². The summed E-state index contributed by atoms with van der Waals surface area (Å²) >= 11 is 0. The maximum Gasteiger partial charge on any atom is 0.404 e. The third-order valence-corrected chi connectivity index (χ3v) is 1.34. The molecule has 0 heterocycles. The molecule has 0 bridgehead atoms. The Kier molecular flexibility index (Phi) is 1.57. The highest BCUT2D eigenvalue weighted by molar-refractivity contribution is 5.65. The minimum Gasteiger partial charge on any atom is -0.465 e. The molecule has 0 aromatic heterocycles. The van der Waals surface area contributed by atoms with Gasteiger partial charge in [0, 0.05) is 7.11 Å². The van der Waals surface area contributed by atoms with Gasteiger partial charge in [0.05, 0.1) is 12.1 Å². The first-order chi connectivity index (χ1) is 4.24. The van der Waals surface area contributed by atoms with Gasteiger partial charge in [-0.25, -0.2) is 4.79 Å². The lowest BCUT2D eigenvalue weighted by molar-refractivity contribution is 0.165. The number of carboxylic acid groups (broad SMARTS) is 1. The number of hydrogen-bond donors (Lipinski definition) is 2. The molecule has 9 heavy (non-hydrogen) atoms. The first-order valence-electron chi connectivity index (χ1n) is 2.76. The van der Waals surface area contributed by atoms with Crippen LogP contribution in [0.3, 0.4) is 0 Å². The molecule has 2 N–H and O–H groups in total. The van der Waals surface area contributed by atoms with Crippen LogP contribution in [-0.2, 0) is 4.74 Å². The number of hydrogen-bond acceptors (Lipinski definition) is 2. The standard InChI is InChI=1S/C5H9NO3/c1-9-4-2-3(4)6-5(7)8/h3-4,6H,2H2,1H3,(H,7,8). The van der Waals surface area contributed by atoms with E-state index in [1.54, 1.807) is 7.11 Å². The molecule has 2 atom stereocenters. The van der Waals surface area contributed by atoms with Crippen molar-refractivity contribution in [3.63, 3.8) is 0 Å². The van der Waals surface area contributed by atoms with Crippen LogP contribution in [0.4, 0.5) is 4.79 Å². The van der Waals surface area contributed by atoms with Crippen LogP contribution in [0.1, 0.15) is 6.42 Å². The lowest BCUT2D eigenvalue weighted by Crippen LogP contribution is -2.25. The molecule has 0 spiro atoms. The van der Waals surface area contributed by atoms with Gasteiger partial charge in [-0.05, 0) is 6.42 Å². The molecular formula is C5H9NO3. The lowest BCUT2D eigenvalue weighted by Gasteiger charge is -1.95. The maximum atomic E-state index is 9.94. The Morgan fingerprint density at radius 3 is 2.89 bits per heavy atom. The van der Waals surface area contributed by atoms with E-state index < -0.39 is 6.09 Å². The first kappa shape index (κ1) is 6.35. The molecule has 1 aliphatic carbocycles. The predicted molar refractivity (Wildman–Crippen MR) is 30.4 cm³/mol. The second-order valence-electron chi connectivity index (χ2n) is 2.07. The molecule has 1 aliphatic rings. The van der Waals surface area contributed by atoms with Crippen molar-refractivity contribution in [2.45, 2.75) is 18.6 Å². The van der Waals surface area contributed by atoms with Crippen LogP contribution in [0.15, 0.2) is 0 Å². The summed E-state index contributed by atoms with van der Waals surface area (Å²) in [6.07, 6.45) is -0.0522. The van der Waals surface area contributed by atoms with Crippen molar-refractivity contribution in [3.05, 3.63) is 0 Å². The third-order valence-electron chi connectivity index (χ3n) is 1.34. The second-order valence-corrected chi connectivity index (χ2v) is 2.07. The molecule has 1 amide bonds. The molecule has 0 saturated heterocycles. The summed E-state index contributed by atoms with van der Waals surface area (Å²) in [5.41, 5.74) is 0. The van der Waals surface area contributed by atoms with Crippen molar-refractivity contribution >= 4 is 6.09 Å². The first-order valence-corrected chi connectivity index (χ1v) is 2.76. The van der Waals surface area contributed by atoms with E-state index in [1.807, 2.05) is 0 Å². The highest BCUT2D eigenvalue weighted by atomic mass is 16.5.